The third-order valence-corrected chi connectivity index (χ3v) is 4.91. The molecule has 1 saturated carbocycles. The summed E-state index contributed by atoms with van der Waals surface area (Å²) in [6, 6.07) is 2.41. The second-order valence-corrected chi connectivity index (χ2v) is 6.44. The van der Waals surface area contributed by atoms with Crippen LogP contribution >= 0.6 is 23.4 Å². The first-order valence-electron chi connectivity index (χ1n) is 6.77. The van der Waals surface area contributed by atoms with Gasteiger partial charge in [-0.05, 0) is 31.2 Å². The van der Waals surface area contributed by atoms with Gasteiger partial charge >= 0.3 is 6.18 Å². The lowest BCUT2D eigenvalue weighted by molar-refractivity contribution is -0.140. The molecule has 122 valence electrons. The number of benzene rings is 1. The minimum atomic E-state index is -4.69. The minimum absolute atomic E-state index is 0.0332. The Balaban J connectivity index is 2.15. The number of carbonyl (C=O) groups excluding carboxylic acids is 1. The molecule has 0 atom stereocenters. The Hall–Kier alpha value is -1.47. The molecule has 0 spiro atoms. The molecular weight excluding hydrogens is 351 g/mol. The zero-order valence-electron chi connectivity index (χ0n) is 11.9. The maximum absolute atomic E-state index is 13.5. The molecule has 2 aromatic rings. The van der Waals surface area contributed by atoms with Gasteiger partial charge in [0.25, 0.3) is 0 Å². The number of halogens is 4. The number of alkyl halides is 3. The molecule has 3 nitrogen and oxygen atoms in total. The molecule has 0 amide bonds. The molecular formula is C15H11ClF3NO2S. The number of hydrogen-bond acceptors (Lipinski definition) is 4. The summed E-state index contributed by atoms with van der Waals surface area (Å²) in [6.07, 6.45) is -0.375. The van der Waals surface area contributed by atoms with Gasteiger partial charge in [-0.2, -0.15) is 13.2 Å². The first kappa shape index (κ1) is 16.4. The number of hydrogen-bond donors (Lipinski definition) is 0. The van der Waals surface area contributed by atoms with Crippen LogP contribution in [0.3, 0.4) is 0 Å². The van der Waals surface area contributed by atoms with Crippen LogP contribution in [0.1, 0.15) is 45.9 Å². The molecule has 1 aliphatic rings. The van der Waals surface area contributed by atoms with E-state index in [4.69, 9.17) is 16.1 Å². The summed E-state index contributed by atoms with van der Waals surface area (Å²) in [5.41, 5.74) is -0.919. The molecule has 1 heterocycles. The molecule has 0 aliphatic heterocycles. The van der Waals surface area contributed by atoms with E-state index < -0.39 is 23.1 Å². The monoisotopic (exact) mass is 361 g/mol. The number of carbonyl (C=O) groups is 1. The topological polar surface area (TPSA) is 43.1 Å². The summed E-state index contributed by atoms with van der Waals surface area (Å²) in [6.45, 7) is 0. The van der Waals surface area contributed by atoms with Crippen LogP contribution in [-0.2, 0) is 6.18 Å². The van der Waals surface area contributed by atoms with Crippen molar-refractivity contribution in [2.75, 3.05) is 6.26 Å². The van der Waals surface area contributed by atoms with Crippen molar-refractivity contribution < 1.29 is 22.5 Å². The predicted molar refractivity (Wildman–Crippen MR) is 80.1 cm³/mol. The van der Waals surface area contributed by atoms with Gasteiger partial charge in [0.2, 0.25) is 0 Å². The maximum Gasteiger partial charge on any atom is 0.418 e. The Kier molecular flexibility index (Phi) is 4.18. The quantitative estimate of drug-likeness (QED) is 0.556. The van der Waals surface area contributed by atoms with E-state index in [1.54, 1.807) is 0 Å². The number of ketones is 1. The summed E-state index contributed by atoms with van der Waals surface area (Å²) in [5, 5.41) is 3.74. The van der Waals surface area contributed by atoms with Crippen LogP contribution in [0, 0.1) is 0 Å². The third-order valence-electron chi connectivity index (χ3n) is 3.65. The van der Waals surface area contributed by atoms with E-state index in [-0.39, 0.29) is 21.4 Å². The van der Waals surface area contributed by atoms with Gasteiger partial charge in [-0.25, -0.2) is 0 Å². The molecule has 0 radical (unpaired) electrons. The fourth-order valence-electron chi connectivity index (χ4n) is 2.44. The van der Waals surface area contributed by atoms with Crippen LogP contribution in [-0.4, -0.2) is 17.2 Å². The van der Waals surface area contributed by atoms with Gasteiger partial charge < -0.3 is 4.52 Å². The first-order valence-corrected chi connectivity index (χ1v) is 8.37. The van der Waals surface area contributed by atoms with Crippen molar-refractivity contribution in [3.05, 3.63) is 45.8 Å². The van der Waals surface area contributed by atoms with E-state index in [0.717, 1.165) is 36.9 Å². The van der Waals surface area contributed by atoms with Gasteiger partial charge in [0.1, 0.15) is 6.26 Å². The Morgan fingerprint density at radius 1 is 1.35 bits per heavy atom. The van der Waals surface area contributed by atoms with Gasteiger partial charge in [0.15, 0.2) is 5.78 Å². The van der Waals surface area contributed by atoms with E-state index in [9.17, 15) is 18.0 Å². The lowest BCUT2D eigenvalue weighted by Gasteiger charge is -2.16. The van der Waals surface area contributed by atoms with Gasteiger partial charge in [-0.1, -0.05) is 16.8 Å². The number of rotatable bonds is 4. The van der Waals surface area contributed by atoms with Crippen molar-refractivity contribution in [1.82, 2.24) is 5.16 Å². The summed E-state index contributed by atoms with van der Waals surface area (Å²) >= 11 is 6.72. The highest BCUT2D eigenvalue weighted by molar-refractivity contribution is 7.98. The molecule has 0 unspecified atom stereocenters. The van der Waals surface area contributed by atoms with Gasteiger partial charge in [0.05, 0.1) is 21.8 Å². The van der Waals surface area contributed by atoms with Crippen LogP contribution in [0.25, 0.3) is 0 Å². The molecule has 1 aromatic carbocycles. The highest BCUT2D eigenvalue weighted by Gasteiger charge is 2.40. The largest absolute Gasteiger partial charge is 0.418 e. The van der Waals surface area contributed by atoms with Crippen LogP contribution in [0.5, 0.6) is 0 Å². The molecule has 0 N–H and O–H groups in total. The molecule has 0 saturated heterocycles. The second kappa shape index (κ2) is 5.87. The van der Waals surface area contributed by atoms with E-state index in [2.05, 4.69) is 5.16 Å². The average molecular weight is 362 g/mol. The lowest BCUT2D eigenvalue weighted by Crippen LogP contribution is -2.16. The van der Waals surface area contributed by atoms with Crippen LogP contribution < -0.4 is 0 Å². The molecule has 23 heavy (non-hydrogen) atoms. The second-order valence-electron chi connectivity index (χ2n) is 5.22. The summed E-state index contributed by atoms with van der Waals surface area (Å²) in [7, 11) is 0. The van der Waals surface area contributed by atoms with Crippen molar-refractivity contribution in [1.29, 1.82) is 0 Å². The Bertz CT molecular complexity index is 769. The Labute approximate surface area is 139 Å². The maximum atomic E-state index is 13.5. The lowest BCUT2D eigenvalue weighted by atomic mass is 9.97. The van der Waals surface area contributed by atoms with E-state index in [0.29, 0.717) is 5.69 Å². The van der Waals surface area contributed by atoms with E-state index in [1.165, 1.54) is 12.3 Å². The molecule has 1 aromatic heterocycles. The fourth-order valence-corrected chi connectivity index (χ4v) is 3.52. The molecule has 0 bridgehead atoms. The highest BCUT2D eigenvalue weighted by atomic mass is 35.5. The zero-order valence-corrected chi connectivity index (χ0v) is 13.5. The molecule has 1 fully saturated rings. The predicted octanol–water partition coefficient (Wildman–Crippen LogP) is 5.18. The summed E-state index contributed by atoms with van der Waals surface area (Å²) in [4.78, 5) is 12.5. The molecule has 1 aliphatic carbocycles. The van der Waals surface area contributed by atoms with Crippen LogP contribution in [0.15, 0.2) is 27.8 Å². The average Bonchev–Trinajstić information content (AvgIpc) is 3.22. The highest BCUT2D eigenvalue weighted by Crippen LogP contribution is 2.44. The normalized spacial score (nSPS) is 15.0. The van der Waals surface area contributed by atoms with Gasteiger partial charge in [0, 0.05) is 16.4 Å². The van der Waals surface area contributed by atoms with Crippen LogP contribution in [0.4, 0.5) is 13.2 Å². The molecule has 8 heteroatoms. The van der Waals surface area contributed by atoms with Gasteiger partial charge in [-0.15, -0.1) is 11.8 Å². The number of aromatic nitrogens is 1. The fraction of sp³-hybridized carbons (Fsp3) is 0.333. The zero-order chi connectivity index (χ0) is 16.8. The van der Waals surface area contributed by atoms with E-state index >= 15 is 0 Å². The smallest absolute Gasteiger partial charge is 0.364 e. The number of nitrogens with zero attached hydrogens (tertiary/aromatic N) is 1. The van der Waals surface area contributed by atoms with Crippen LogP contribution in [0.2, 0.25) is 5.02 Å². The van der Waals surface area contributed by atoms with Gasteiger partial charge in [-0.3, -0.25) is 4.79 Å². The standard InChI is InChI=1S/C15H11ClF3NO2S/c1-23-14-10(16)5-4-8(11(14)15(17,18)19)13(21)9-6-22-20-12(9)7-2-3-7/h4-7H,2-3H2,1H3. The van der Waals surface area contributed by atoms with Crippen molar-refractivity contribution in [2.45, 2.75) is 29.8 Å². The minimum Gasteiger partial charge on any atom is -0.364 e. The van der Waals surface area contributed by atoms with Crippen molar-refractivity contribution in [2.24, 2.45) is 0 Å². The molecule has 3 rings (SSSR count). The van der Waals surface area contributed by atoms with Crippen molar-refractivity contribution >= 4 is 29.1 Å². The van der Waals surface area contributed by atoms with Crippen molar-refractivity contribution in [3.8, 4) is 0 Å². The van der Waals surface area contributed by atoms with Crippen molar-refractivity contribution in [3.63, 3.8) is 0 Å². The first-order chi connectivity index (χ1) is 10.8. The number of thioether (sulfide) groups is 1. The van der Waals surface area contributed by atoms with E-state index in [1.807, 2.05) is 0 Å². The third kappa shape index (κ3) is 2.99. The summed E-state index contributed by atoms with van der Waals surface area (Å²) < 4.78 is 45.3. The Morgan fingerprint density at radius 2 is 2.04 bits per heavy atom. The summed E-state index contributed by atoms with van der Waals surface area (Å²) in [5.74, 6) is -0.651. The Morgan fingerprint density at radius 3 is 2.61 bits per heavy atom. The SMILES string of the molecule is CSc1c(Cl)ccc(C(=O)c2conc2C2CC2)c1C(F)(F)F.